The van der Waals surface area contributed by atoms with E-state index in [4.69, 9.17) is 17.3 Å². The quantitative estimate of drug-likeness (QED) is 0.609. The smallest absolute Gasteiger partial charge is 0.323 e. The standard InChI is InChI=1S/C18H20N4O3S2/c1-10(2)22-15(5-6-19-22)21-11(3)7-13(12(21)4)8-14-17(25)20(9-16(23)24)18(26)27-14/h5-8,10H,9H2,1-4H3,(H,23,24)/b14-8-. The Labute approximate surface area is 166 Å². The summed E-state index contributed by atoms with van der Waals surface area (Å²) in [5, 5.41) is 13.3. The predicted molar refractivity (Wildman–Crippen MR) is 109 cm³/mol. The molecule has 1 aliphatic heterocycles. The molecule has 142 valence electrons. The Morgan fingerprint density at radius 2 is 2.11 bits per heavy atom. The normalized spacial score (nSPS) is 16.2. The van der Waals surface area contributed by atoms with Gasteiger partial charge in [0, 0.05) is 23.5 Å². The molecule has 0 spiro atoms. The molecule has 0 saturated carbocycles. The lowest BCUT2D eigenvalue weighted by Gasteiger charge is -2.15. The number of hydrogen-bond donors (Lipinski definition) is 1. The van der Waals surface area contributed by atoms with E-state index >= 15 is 0 Å². The lowest BCUT2D eigenvalue weighted by molar-refractivity contribution is -0.140. The van der Waals surface area contributed by atoms with Crippen LogP contribution in [0.2, 0.25) is 0 Å². The maximum atomic E-state index is 12.5. The highest BCUT2D eigenvalue weighted by atomic mass is 32.2. The number of nitrogens with zero attached hydrogens (tertiary/aromatic N) is 4. The van der Waals surface area contributed by atoms with E-state index in [9.17, 15) is 9.59 Å². The highest BCUT2D eigenvalue weighted by molar-refractivity contribution is 8.26. The van der Waals surface area contributed by atoms with Crippen molar-refractivity contribution in [2.24, 2.45) is 0 Å². The third kappa shape index (κ3) is 3.57. The first-order chi connectivity index (χ1) is 12.7. The zero-order valence-corrected chi connectivity index (χ0v) is 17.1. The predicted octanol–water partition coefficient (Wildman–Crippen LogP) is 3.16. The van der Waals surface area contributed by atoms with Gasteiger partial charge in [-0.15, -0.1) is 0 Å². The van der Waals surface area contributed by atoms with Crippen LogP contribution in [0, 0.1) is 13.8 Å². The van der Waals surface area contributed by atoms with Crippen LogP contribution in [0.5, 0.6) is 0 Å². The molecule has 1 fully saturated rings. The van der Waals surface area contributed by atoms with Gasteiger partial charge in [0.05, 0.1) is 11.1 Å². The molecule has 2 aromatic heterocycles. The lowest BCUT2D eigenvalue weighted by atomic mass is 10.2. The van der Waals surface area contributed by atoms with Gasteiger partial charge < -0.3 is 9.67 Å². The summed E-state index contributed by atoms with van der Waals surface area (Å²) < 4.78 is 4.30. The summed E-state index contributed by atoms with van der Waals surface area (Å²) in [6, 6.07) is 4.17. The first-order valence-corrected chi connectivity index (χ1v) is 9.63. The number of thioether (sulfide) groups is 1. The Hall–Kier alpha value is -2.39. The largest absolute Gasteiger partial charge is 0.480 e. The minimum Gasteiger partial charge on any atom is -0.480 e. The molecule has 27 heavy (non-hydrogen) atoms. The number of aryl methyl sites for hydroxylation is 1. The molecule has 0 aromatic carbocycles. The summed E-state index contributed by atoms with van der Waals surface area (Å²) in [4.78, 5) is 25.0. The summed E-state index contributed by atoms with van der Waals surface area (Å²) in [6.07, 6.45) is 3.54. The van der Waals surface area contributed by atoms with Crippen LogP contribution in [0.4, 0.5) is 0 Å². The van der Waals surface area contributed by atoms with Gasteiger partial charge >= 0.3 is 5.97 Å². The van der Waals surface area contributed by atoms with E-state index < -0.39 is 12.5 Å². The van der Waals surface area contributed by atoms with Crippen molar-refractivity contribution in [1.82, 2.24) is 19.2 Å². The fraction of sp³-hybridized carbons (Fsp3) is 0.333. The highest BCUT2D eigenvalue weighted by Gasteiger charge is 2.33. The van der Waals surface area contributed by atoms with Crippen LogP contribution in [0.15, 0.2) is 23.2 Å². The third-order valence-electron chi connectivity index (χ3n) is 4.29. The van der Waals surface area contributed by atoms with E-state index in [1.54, 1.807) is 12.3 Å². The number of aliphatic carboxylic acids is 1. The molecule has 0 bridgehead atoms. The molecular formula is C18H20N4O3S2. The molecule has 1 amide bonds. The van der Waals surface area contributed by atoms with Crippen molar-refractivity contribution in [3.63, 3.8) is 0 Å². The van der Waals surface area contributed by atoms with Gasteiger partial charge in [-0.05, 0) is 45.4 Å². The number of thiocarbonyl (C=S) groups is 1. The van der Waals surface area contributed by atoms with Gasteiger partial charge in [0.15, 0.2) is 0 Å². The molecule has 1 aliphatic rings. The van der Waals surface area contributed by atoms with Crippen LogP contribution < -0.4 is 0 Å². The van der Waals surface area contributed by atoms with Crippen LogP contribution in [0.1, 0.15) is 36.8 Å². The number of hydrogen-bond acceptors (Lipinski definition) is 5. The molecule has 0 aliphatic carbocycles. The van der Waals surface area contributed by atoms with E-state index in [2.05, 4.69) is 23.5 Å². The van der Waals surface area contributed by atoms with Crippen molar-refractivity contribution in [3.8, 4) is 5.82 Å². The second kappa shape index (κ2) is 7.32. The molecule has 9 heteroatoms. The number of amides is 1. The minimum absolute atomic E-state index is 0.215. The van der Waals surface area contributed by atoms with Crippen LogP contribution in [0.25, 0.3) is 11.9 Å². The second-order valence-corrected chi connectivity index (χ2v) is 8.23. The van der Waals surface area contributed by atoms with Crippen molar-refractivity contribution in [2.75, 3.05) is 6.54 Å². The molecular weight excluding hydrogens is 384 g/mol. The van der Waals surface area contributed by atoms with Crippen molar-refractivity contribution in [2.45, 2.75) is 33.7 Å². The number of carbonyl (C=O) groups excluding carboxylic acids is 1. The third-order valence-corrected chi connectivity index (χ3v) is 5.67. The van der Waals surface area contributed by atoms with Gasteiger partial charge in [-0.1, -0.05) is 24.0 Å². The average Bonchev–Trinajstić information content (AvgIpc) is 3.22. The SMILES string of the molecule is Cc1cc(/C=C2\SC(=S)N(CC(=O)O)C2=O)c(C)n1-c1ccnn1C(C)C. The number of aromatic nitrogens is 3. The van der Waals surface area contributed by atoms with Gasteiger partial charge in [-0.2, -0.15) is 5.10 Å². The molecule has 1 N–H and O–H groups in total. The number of carbonyl (C=O) groups is 2. The molecule has 0 unspecified atom stereocenters. The van der Waals surface area contributed by atoms with Crippen molar-refractivity contribution < 1.29 is 14.7 Å². The Balaban J connectivity index is 1.99. The maximum absolute atomic E-state index is 12.5. The van der Waals surface area contributed by atoms with E-state index in [0.29, 0.717) is 4.91 Å². The van der Waals surface area contributed by atoms with E-state index in [1.807, 2.05) is 30.7 Å². The highest BCUT2D eigenvalue weighted by Crippen LogP contribution is 2.34. The van der Waals surface area contributed by atoms with Crippen LogP contribution in [-0.2, 0) is 9.59 Å². The first-order valence-electron chi connectivity index (χ1n) is 8.40. The summed E-state index contributed by atoms with van der Waals surface area (Å²) >= 11 is 6.28. The Morgan fingerprint density at radius 1 is 1.41 bits per heavy atom. The monoisotopic (exact) mass is 404 g/mol. The van der Waals surface area contributed by atoms with Crippen LogP contribution in [0.3, 0.4) is 0 Å². The summed E-state index contributed by atoms with van der Waals surface area (Å²) in [6.45, 7) is 7.69. The molecule has 0 atom stereocenters. The van der Waals surface area contributed by atoms with E-state index in [-0.39, 0.29) is 16.3 Å². The summed E-state index contributed by atoms with van der Waals surface area (Å²) in [5.41, 5.74) is 2.88. The lowest BCUT2D eigenvalue weighted by Crippen LogP contribution is -2.33. The van der Waals surface area contributed by atoms with Gasteiger partial charge in [0.25, 0.3) is 5.91 Å². The maximum Gasteiger partial charge on any atom is 0.323 e. The van der Waals surface area contributed by atoms with Crippen molar-refractivity contribution in [1.29, 1.82) is 0 Å². The molecule has 7 nitrogen and oxygen atoms in total. The zero-order valence-electron chi connectivity index (χ0n) is 15.5. The van der Waals surface area contributed by atoms with Gasteiger partial charge in [-0.3, -0.25) is 14.5 Å². The topological polar surface area (TPSA) is 80.4 Å². The summed E-state index contributed by atoms with van der Waals surface area (Å²) in [7, 11) is 0. The van der Waals surface area contributed by atoms with Crippen molar-refractivity contribution in [3.05, 3.63) is 40.2 Å². The number of rotatable bonds is 5. The van der Waals surface area contributed by atoms with E-state index in [1.165, 1.54) is 0 Å². The zero-order chi connectivity index (χ0) is 19.9. The first kappa shape index (κ1) is 19.4. The fourth-order valence-corrected chi connectivity index (χ4v) is 4.33. The van der Waals surface area contributed by atoms with Crippen LogP contribution >= 0.6 is 24.0 Å². The molecule has 0 radical (unpaired) electrons. The van der Waals surface area contributed by atoms with Gasteiger partial charge in [-0.25, -0.2) is 4.68 Å². The Kier molecular flexibility index (Phi) is 5.25. The Morgan fingerprint density at radius 3 is 2.74 bits per heavy atom. The molecule has 2 aromatic rings. The molecule has 1 saturated heterocycles. The minimum atomic E-state index is -1.09. The fourth-order valence-electron chi connectivity index (χ4n) is 3.08. The Bertz CT molecular complexity index is 971. The molecule has 3 rings (SSSR count). The van der Waals surface area contributed by atoms with Crippen LogP contribution in [-0.4, -0.2) is 47.1 Å². The average molecular weight is 405 g/mol. The van der Waals surface area contributed by atoms with E-state index in [0.717, 1.165) is 39.4 Å². The molecule has 3 heterocycles. The van der Waals surface area contributed by atoms with Gasteiger partial charge in [0.1, 0.15) is 16.7 Å². The van der Waals surface area contributed by atoms with Crippen molar-refractivity contribution >= 4 is 46.3 Å². The number of carboxylic acid groups (broad SMARTS) is 1. The number of carboxylic acids is 1. The summed E-state index contributed by atoms with van der Waals surface area (Å²) in [5.74, 6) is -0.504. The van der Waals surface area contributed by atoms with Gasteiger partial charge in [0.2, 0.25) is 0 Å². The second-order valence-electron chi connectivity index (χ2n) is 6.55.